The monoisotopic (exact) mass is 293 g/mol. The number of thiophene rings is 1. The number of hydrogen-bond acceptors (Lipinski definition) is 5. The van der Waals surface area contributed by atoms with E-state index in [0.29, 0.717) is 6.54 Å². The van der Waals surface area contributed by atoms with Crippen LogP contribution in [0.3, 0.4) is 0 Å². The Morgan fingerprint density at radius 3 is 3.25 bits per heavy atom. The van der Waals surface area contributed by atoms with Crippen LogP contribution in [0.15, 0.2) is 12.1 Å². The van der Waals surface area contributed by atoms with Crippen LogP contribution in [0.2, 0.25) is 0 Å². The predicted octanol–water partition coefficient (Wildman–Crippen LogP) is 0.989. The standard InChI is InChI=1S/C14H19N3O2S/c1-19-14(18)16-11-6-8-17(9-11)10-13-5-4-12(20-13)3-2-7-15/h4-5,11H,6-10,15H2,1H3,(H,16,18). The van der Waals surface area contributed by atoms with Crippen molar-refractivity contribution >= 4 is 17.4 Å². The zero-order valence-corrected chi connectivity index (χ0v) is 12.3. The Balaban J connectivity index is 1.83. The van der Waals surface area contributed by atoms with Gasteiger partial charge in [0.1, 0.15) is 0 Å². The lowest BCUT2D eigenvalue weighted by atomic mass is 10.3. The number of likely N-dealkylation sites (tertiary alicyclic amines) is 1. The van der Waals surface area contributed by atoms with Gasteiger partial charge in [-0.2, -0.15) is 0 Å². The Morgan fingerprint density at radius 2 is 2.50 bits per heavy atom. The van der Waals surface area contributed by atoms with E-state index < -0.39 is 0 Å². The van der Waals surface area contributed by atoms with Gasteiger partial charge < -0.3 is 15.8 Å². The first kappa shape index (κ1) is 14.9. The highest BCUT2D eigenvalue weighted by atomic mass is 32.1. The van der Waals surface area contributed by atoms with Gasteiger partial charge in [-0.3, -0.25) is 4.90 Å². The maximum atomic E-state index is 11.2. The number of amides is 1. The molecule has 1 amide bonds. The molecule has 1 aliphatic heterocycles. The van der Waals surface area contributed by atoms with E-state index in [0.717, 1.165) is 30.9 Å². The molecular formula is C14H19N3O2S. The van der Waals surface area contributed by atoms with Crippen molar-refractivity contribution in [3.05, 3.63) is 21.9 Å². The van der Waals surface area contributed by atoms with Crippen LogP contribution in [0.1, 0.15) is 16.2 Å². The van der Waals surface area contributed by atoms with E-state index in [-0.39, 0.29) is 12.1 Å². The molecule has 0 spiro atoms. The Bertz CT molecular complexity index is 518. The average Bonchev–Trinajstić information content (AvgIpc) is 3.06. The summed E-state index contributed by atoms with van der Waals surface area (Å²) in [5.41, 5.74) is 5.36. The van der Waals surface area contributed by atoms with Crippen LogP contribution in [0.4, 0.5) is 4.79 Å². The third kappa shape index (κ3) is 4.23. The highest BCUT2D eigenvalue weighted by Crippen LogP contribution is 2.20. The molecule has 6 heteroatoms. The van der Waals surface area contributed by atoms with Gasteiger partial charge in [0.2, 0.25) is 0 Å². The number of nitrogens with two attached hydrogens (primary N) is 1. The number of carbonyl (C=O) groups is 1. The van der Waals surface area contributed by atoms with Crippen molar-refractivity contribution in [2.75, 3.05) is 26.7 Å². The zero-order chi connectivity index (χ0) is 14.4. The molecule has 1 unspecified atom stereocenters. The van der Waals surface area contributed by atoms with Crippen molar-refractivity contribution in [2.24, 2.45) is 5.73 Å². The minimum absolute atomic E-state index is 0.180. The van der Waals surface area contributed by atoms with Crippen molar-refractivity contribution in [1.29, 1.82) is 0 Å². The summed E-state index contributed by atoms with van der Waals surface area (Å²) in [7, 11) is 1.39. The fourth-order valence-electron chi connectivity index (χ4n) is 2.21. The topological polar surface area (TPSA) is 67.6 Å². The molecule has 0 saturated carbocycles. The van der Waals surface area contributed by atoms with Gasteiger partial charge >= 0.3 is 6.09 Å². The van der Waals surface area contributed by atoms with Gasteiger partial charge in [0.15, 0.2) is 0 Å². The third-order valence-electron chi connectivity index (χ3n) is 3.13. The van der Waals surface area contributed by atoms with E-state index in [2.05, 4.69) is 32.9 Å². The highest BCUT2D eigenvalue weighted by molar-refractivity contribution is 7.12. The van der Waals surface area contributed by atoms with Gasteiger partial charge in [0, 0.05) is 30.6 Å². The molecule has 1 aromatic heterocycles. The second-order valence-electron chi connectivity index (χ2n) is 4.63. The lowest BCUT2D eigenvalue weighted by molar-refractivity contribution is 0.166. The minimum Gasteiger partial charge on any atom is -0.453 e. The number of ether oxygens (including phenoxy) is 1. The average molecular weight is 293 g/mol. The van der Waals surface area contributed by atoms with Crippen molar-refractivity contribution in [3.63, 3.8) is 0 Å². The number of hydrogen-bond donors (Lipinski definition) is 2. The van der Waals surface area contributed by atoms with E-state index in [1.54, 1.807) is 11.3 Å². The van der Waals surface area contributed by atoms with E-state index in [4.69, 9.17) is 5.73 Å². The summed E-state index contributed by atoms with van der Waals surface area (Å²) < 4.78 is 4.61. The quantitative estimate of drug-likeness (QED) is 0.816. The number of nitrogens with zero attached hydrogens (tertiary/aromatic N) is 1. The molecule has 2 rings (SSSR count). The van der Waals surface area contributed by atoms with Crippen molar-refractivity contribution in [1.82, 2.24) is 10.2 Å². The van der Waals surface area contributed by atoms with Gasteiger partial charge in [-0.1, -0.05) is 11.8 Å². The van der Waals surface area contributed by atoms with Crippen LogP contribution in [-0.2, 0) is 11.3 Å². The largest absolute Gasteiger partial charge is 0.453 e. The predicted molar refractivity (Wildman–Crippen MR) is 79.5 cm³/mol. The Kier molecular flexibility index (Phi) is 5.41. The van der Waals surface area contributed by atoms with Gasteiger partial charge in [-0.15, -0.1) is 11.3 Å². The normalized spacial score (nSPS) is 18.4. The molecule has 1 atom stereocenters. The summed E-state index contributed by atoms with van der Waals surface area (Å²) in [6.45, 7) is 3.13. The smallest absolute Gasteiger partial charge is 0.407 e. The van der Waals surface area contributed by atoms with Gasteiger partial charge in [-0.05, 0) is 18.6 Å². The molecule has 20 heavy (non-hydrogen) atoms. The molecule has 2 heterocycles. The molecule has 1 aromatic rings. The maximum Gasteiger partial charge on any atom is 0.407 e. The number of rotatable bonds is 3. The second-order valence-corrected chi connectivity index (χ2v) is 5.80. The molecule has 5 nitrogen and oxygen atoms in total. The maximum absolute atomic E-state index is 11.2. The first-order valence-electron chi connectivity index (χ1n) is 6.55. The number of alkyl carbamates (subject to hydrolysis) is 1. The first-order valence-corrected chi connectivity index (χ1v) is 7.37. The second kappa shape index (κ2) is 7.29. The Morgan fingerprint density at radius 1 is 1.65 bits per heavy atom. The minimum atomic E-state index is -0.354. The van der Waals surface area contributed by atoms with Gasteiger partial charge in [0.05, 0.1) is 18.5 Å². The molecule has 1 fully saturated rings. The molecule has 0 aliphatic carbocycles. The molecule has 1 aliphatic rings. The number of carbonyl (C=O) groups excluding carboxylic acids is 1. The van der Waals surface area contributed by atoms with Crippen LogP contribution in [-0.4, -0.2) is 43.8 Å². The van der Waals surface area contributed by atoms with Crippen molar-refractivity contribution in [2.45, 2.75) is 19.0 Å². The Hall–Kier alpha value is -1.55. The van der Waals surface area contributed by atoms with Crippen molar-refractivity contribution < 1.29 is 9.53 Å². The van der Waals surface area contributed by atoms with Crippen LogP contribution in [0, 0.1) is 11.8 Å². The molecule has 1 saturated heterocycles. The molecule has 0 radical (unpaired) electrons. The van der Waals surface area contributed by atoms with E-state index in [9.17, 15) is 4.79 Å². The van der Waals surface area contributed by atoms with E-state index in [1.165, 1.54) is 12.0 Å². The van der Waals surface area contributed by atoms with E-state index >= 15 is 0 Å². The molecule has 0 bridgehead atoms. The van der Waals surface area contributed by atoms with Gasteiger partial charge in [-0.25, -0.2) is 4.79 Å². The summed E-state index contributed by atoms with van der Waals surface area (Å²) >= 11 is 1.70. The fraction of sp³-hybridized carbons (Fsp3) is 0.500. The van der Waals surface area contributed by atoms with Crippen molar-refractivity contribution in [3.8, 4) is 11.8 Å². The van der Waals surface area contributed by atoms with Crippen LogP contribution in [0.25, 0.3) is 0 Å². The third-order valence-corrected chi connectivity index (χ3v) is 4.12. The van der Waals surface area contributed by atoms with Crippen LogP contribution >= 0.6 is 11.3 Å². The molecule has 0 aromatic carbocycles. The highest BCUT2D eigenvalue weighted by Gasteiger charge is 2.24. The lowest BCUT2D eigenvalue weighted by Gasteiger charge is -2.15. The summed E-state index contributed by atoms with van der Waals surface area (Å²) in [6.07, 6.45) is 0.604. The van der Waals surface area contributed by atoms with Crippen LogP contribution < -0.4 is 11.1 Å². The molecule has 3 N–H and O–H groups in total. The summed E-state index contributed by atoms with van der Waals surface area (Å²) in [4.78, 5) is 15.8. The molecular weight excluding hydrogens is 274 g/mol. The van der Waals surface area contributed by atoms with Gasteiger partial charge in [0.25, 0.3) is 0 Å². The zero-order valence-electron chi connectivity index (χ0n) is 11.5. The van der Waals surface area contributed by atoms with Crippen LogP contribution in [0.5, 0.6) is 0 Å². The molecule has 108 valence electrons. The summed E-state index contributed by atoms with van der Waals surface area (Å²) in [5.74, 6) is 5.90. The first-order chi connectivity index (χ1) is 9.71. The number of nitrogens with one attached hydrogen (secondary N) is 1. The SMILES string of the molecule is COC(=O)NC1CCN(Cc2ccc(C#CCN)s2)C1. The number of methoxy groups -OCH3 is 1. The van der Waals surface area contributed by atoms with E-state index in [1.807, 2.05) is 6.07 Å². The summed E-state index contributed by atoms with van der Waals surface area (Å²) in [5, 5.41) is 2.84. The Labute approximate surface area is 123 Å². The lowest BCUT2D eigenvalue weighted by Crippen LogP contribution is -2.36. The fourth-order valence-corrected chi connectivity index (χ4v) is 3.13. The summed E-state index contributed by atoms with van der Waals surface area (Å²) in [6, 6.07) is 4.31.